The molecule has 0 aliphatic heterocycles. The van der Waals surface area contributed by atoms with E-state index in [1.165, 1.54) is 0 Å². The van der Waals surface area contributed by atoms with Crippen LogP contribution in [-0.2, 0) is 4.79 Å². The Morgan fingerprint density at radius 2 is 1.88 bits per heavy atom. The van der Waals surface area contributed by atoms with E-state index in [1.54, 1.807) is 0 Å². The summed E-state index contributed by atoms with van der Waals surface area (Å²) in [5.41, 5.74) is 8.16. The number of benzene rings is 1. The first kappa shape index (κ1) is 13.7. The van der Waals surface area contributed by atoms with E-state index >= 15 is 0 Å². The van der Waals surface area contributed by atoms with Gasteiger partial charge in [-0.05, 0) is 18.9 Å². The minimum absolute atomic E-state index is 0.142. The SMILES string of the molecule is C=C(C)CCC(=O)C(C)C(N)c1ccccc1. The molecule has 0 saturated heterocycles. The van der Waals surface area contributed by atoms with Crippen molar-refractivity contribution in [2.24, 2.45) is 11.7 Å². The maximum absolute atomic E-state index is 11.9. The smallest absolute Gasteiger partial charge is 0.137 e. The lowest BCUT2D eigenvalue weighted by Crippen LogP contribution is -2.25. The van der Waals surface area contributed by atoms with Crippen LogP contribution in [-0.4, -0.2) is 5.78 Å². The summed E-state index contributed by atoms with van der Waals surface area (Å²) in [5, 5.41) is 0. The van der Waals surface area contributed by atoms with Gasteiger partial charge in [0.1, 0.15) is 5.78 Å². The van der Waals surface area contributed by atoms with Crippen molar-refractivity contribution in [2.75, 3.05) is 0 Å². The van der Waals surface area contributed by atoms with Gasteiger partial charge < -0.3 is 5.73 Å². The zero-order valence-corrected chi connectivity index (χ0v) is 10.6. The molecule has 1 aromatic rings. The molecule has 1 aromatic carbocycles. The summed E-state index contributed by atoms with van der Waals surface area (Å²) in [6, 6.07) is 9.55. The zero-order chi connectivity index (χ0) is 12.8. The summed E-state index contributed by atoms with van der Waals surface area (Å²) in [6.45, 7) is 7.65. The Bertz CT molecular complexity index is 383. The summed E-state index contributed by atoms with van der Waals surface area (Å²) in [4.78, 5) is 11.9. The van der Waals surface area contributed by atoms with Crippen LogP contribution >= 0.6 is 0 Å². The normalized spacial score (nSPS) is 14.1. The van der Waals surface area contributed by atoms with Crippen LogP contribution in [0.4, 0.5) is 0 Å². The number of carbonyl (C=O) groups is 1. The summed E-state index contributed by atoms with van der Waals surface area (Å²) < 4.78 is 0. The average Bonchev–Trinajstić information content (AvgIpc) is 2.35. The molecule has 0 amide bonds. The number of carbonyl (C=O) groups excluding carboxylic acids is 1. The van der Waals surface area contributed by atoms with E-state index in [1.807, 2.05) is 44.2 Å². The monoisotopic (exact) mass is 231 g/mol. The summed E-state index contributed by atoms with van der Waals surface area (Å²) >= 11 is 0. The number of allylic oxidation sites excluding steroid dienone is 1. The Morgan fingerprint density at radius 1 is 1.29 bits per heavy atom. The van der Waals surface area contributed by atoms with Gasteiger partial charge in [-0.3, -0.25) is 4.79 Å². The molecule has 0 fully saturated rings. The molecule has 0 heterocycles. The maximum Gasteiger partial charge on any atom is 0.137 e. The molecule has 2 unspecified atom stereocenters. The fourth-order valence-corrected chi connectivity index (χ4v) is 1.73. The van der Waals surface area contributed by atoms with Crippen molar-refractivity contribution >= 4 is 5.78 Å². The Labute approximate surface area is 104 Å². The summed E-state index contributed by atoms with van der Waals surface area (Å²) in [6.07, 6.45) is 1.29. The zero-order valence-electron chi connectivity index (χ0n) is 10.6. The molecule has 2 atom stereocenters. The second-order valence-corrected chi connectivity index (χ2v) is 4.65. The lowest BCUT2D eigenvalue weighted by Gasteiger charge is -2.19. The predicted octanol–water partition coefficient (Wildman–Crippen LogP) is 3.25. The van der Waals surface area contributed by atoms with Crippen molar-refractivity contribution in [3.05, 3.63) is 48.0 Å². The van der Waals surface area contributed by atoms with Gasteiger partial charge in [0.25, 0.3) is 0 Å². The van der Waals surface area contributed by atoms with Crippen molar-refractivity contribution in [3.8, 4) is 0 Å². The van der Waals surface area contributed by atoms with Gasteiger partial charge in [-0.15, -0.1) is 6.58 Å². The highest BCUT2D eigenvalue weighted by molar-refractivity contribution is 5.81. The van der Waals surface area contributed by atoms with Crippen LogP contribution < -0.4 is 5.73 Å². The molecule has 0 spiro atoms. The van der Waals surface area contributed by atoms with Crippen molar-refractivity contribution in [3.63, 3.8) is 0 Å². The first-order chi connectivity index (χ1) is 8.02. The minimum atomic E-state index is -0.214. The molecule has 2 heteroatoms. The van der Waals surface area contributed by atoms with Gasteiger partial charge in [0.15, 0.2) is 0 Å². The number of rotatable bonds is 6. The van der Waals surface area contributed by atoms with Crippen molar-refractivity contribution in [1.82, 2.24) is 0 Å². The van der Waals surface area contributed by atoms with E-state index in [-0.39, 0.29) is 17.7 Å². The minimum Gasteiger partial charge on any atom is -0.323 e. The third kappa shape index (κ3) is 4.16. The molecular weight excluding hydrogens is 210 g/mol. The highest BCUT2D eigenvalue weighted by Crippen LogP contribution is 2.21. The van der Waals surface area contributed by atoms with E-state index in [0.29, 0.717) is 6.42 Å². The topological polar surface area (TPSA) is 43.1 Å². The highest BCUT2D eigenvalue weighted by Gasteiger charge is 2.21. The molecule has 17 heavy (non-hydrogen) atoms. The lowest BCUT2D eigenvalue weighted by molar-refractivity contribution is -0.123. The number of hydrogen-bond acceptors (Lipinski definition) is 2. The highest BCUT2D eigenvalue weighted by atomic mass is 16.1. The second-order valence-electron chi connectivity index (χ2n) is 4.65. The summed E-state index contributed by atoms with van der Waals surface area (Å²) in [7, 11) is 0. The number of nitrogens with two attached hydrogens (primary N) is 1. The van der Waals surface area contributed by atoms with Gasteiger partial charge in [-0.2, -0.15) is 0 Å². The van der Waals surface area contributed by atoms with Crippen LogP contribution in [0.25, 0.3) is 0 Å². The predicted molar refractivity (Wildman–Crippen MR) is 71.6 cm³/mol. The van der Waals surface area contributed by atoms with Crippen LogP contribution in [0.1, 0.15) is 38.3 Å². The number of Topliss-reactive ketones (excluding diaryl/α,β-unsaturated/α-hetero) is 1. The van der Waals surface area contributed by atoms with E-state index in [0.717, 1.165) is 17.6 Å². The van der Waals surface area contributed by atoms with Gasteiger partial charge in [0, 0.05) is 18.4 Å². The van der Waals surface area contributed by atoms with Gasteiger partial charge in [-0.25, -0.2) is 0 Å². The van der Waals surface area contributed by atoms with Gasteiger partial charge in [0.05, 0.1) is 0 Å². The molecule has 92 valence electrons. The maximum atomic E-state index is 11.9. The average molecular weight is 231 g/mol. The van der Waals surface area contributed by atoms with Crippen molar-refractivity contribution < 1.29 is 4.79 Å². The number of hydrogen-bond donors (Lipinski definition) is 1. The third-order valence-corrected chi connectivity index (χ3v) is 3.03. The molecule has 0 aliphatic carbocycles. The molecule has 2 nitrogen and oxygen atoms in total. The van der Waals surface area contributed by atoms with E-state index in [2.05, 4.69) is 6.58 Å². The van der Waals surface area contributed by atoms with E-state index in [9.17, 15) is 4.79 Å². The molecule has 0 radical (unpaired) electrons. The van der Waals surface area contributed by atoms with Crippen LogP contribution in [0.3, 0.4) is 0 Å². The Hall–Kier alpha value is -1.41. The fourth-order valence-electron chi connectivity index (χ4n) is 1.73. The van der Waals surface area contributed by atoms with Gasteiger partial charge in [-0.1, -0.05) is 42.8 Å². The summed E-state index contributed by atoms with van der Waals surface area (Å²) in [5.74, 6) is 0.0705. The van der Waals surface area contributed by atoms with Crippen LogP contribution in [0.2, 0.25) is 0 Å². The Balaban J connectivity index is 2.60. The molecule has 1 rings (SSSR count). The van der Waals surface area contributed by atoms with Gasteiger partial charge in [0.2, 0.25) is 0 Å². The first-order valence-electron chi connectivity index (χ1n) is 6.00. The molecule has 0 saturated carbocycles. The van der Waals surface area contributed by atoms with E-state index < -0.39 is 0 Å². The van der Waals surface area contributed by atoms with Crippen LogP contribution in [0.15, 0.2) is 42.5 Å². The first-order valence-corrected chi connectivity index (χ1v) is 6.00. The molecular formula is C15H21NO. The van der Waals surface area contributed by atoms with E-state index in [4.69, 9.17) is 5.73 Å². The van der Waals surface area contributed by atoms with Gasteiger partial charge >= 0.3 is 0 Å². The van der Waals surface area contributed by atoms with Crippen LogP contribution in [0, 0.1) is 5.92 Å². The Morgan fingerprint density at radius 3 is 2.41 bits per heavy atom. The van der Waals surface area contributed by atoms with Crippen molar-refractivity contribution in [2.45, 2.75) is 32.7 Å². The second kappa shape index (κ2) is 6.36. The standard InChI is InChI=1S/C15H21NO/c1-11(2)9-10-14(17)12(3)15(16)13-7-5-4-6-8-13/h4-8,12,15H,1,9-10,16H2,2-3H3. The molecule has 0 aromatic heterocycles. The van der Waals surface area contributed by atoms with Crippen molar-refractivity contribution in [1.29, 1.82) is 0 Å². The lowest BCUT2D eigenvalue weighted by atomic mass is 9.89. The molecule has 0 aliphatic rings. The molecule has 2 N–H and O–H groups in total. The fraction of sp³-hybridized carbons (Fsp3) is 0.400. The quantitative estimate of drug-likeness (QED) is 0.764. The van der Waals surface area contributed by atoms with Crippen LogP contribution in [0.5, 0.6) is 0 Å². The molecule has 0 bridgehead atoms. The largest absolute Gasteiger partial charge is 0.323 e. The Kier molecular flexibility index (Phi) is 5.11. The number of ketones is 1. The third-order valence-electron chi connectivity index (χ3n) is 3.03.